The van der Waals surface area contributed by atoms with Crippen molar-refractivity contribution < 1.29 is 0 Å². The first-order chi connectivity index (χ1) is 47.5. The van der Waals surface area contributed by atoms with Gasteiger partial charge in [0.15, 0.2) is 0 Å². The molecule has 0 aliphatic rings. The van der Waals surface area contributed by atoms with E-state index in [0.717, 1.165) is 34.1 Å². The van der Waals surface area contributed by atoms with Crippen molar-refractivity contribution in [2.24, 2.45) is 0 Å². The molecule has 18 aromatic carbocycles. The number of benzene rings is 18. The lowest BCUT2D eigenvalue weighted by atomic mass is 9.89. The highest BCUT2D eigenvalue weighted by Crippen LogP contribution is 2.47. The van der Waals surface area contributed by atoms with Crippen molar-refractivity contribution in [1.82, 2.24) is 0 Å². The quantitative estimate of drug-likeness (QED) is 0.133. The second-order valence-corrected chi connectivity index (χ2v) is 27.7. The Morgan fingerprint density at radius 1 is 0.177 bits per heavy atom. The Kier molecular flexibility index (Phi) is 12.4. The van der Waals surface area contributed by atoms with Crippen LogP contribution in [0.3, 0.4) is 0 Å². The standard InChI is InChI=1S/C92H56N2S2/c1-3-15-68(16-4-1)93(72-46-38-63-53-84-78-19-7-9-26-87(78)95-89(84)55-67(63)51-72)70-42-34-57(35-43-70)62-32-29-59-28-30-61-40-49-77-74(22-13-24-81(77)92(61)83(59)52-62)65-41-47-75-66(50-65)33-31-60-39-48-76-73(21-12-23-80(76)91(60)75)58-36-44-71(45-37-58)94(69-17-5-2-6-18-69)86-25-11-14-64-54-85-79-20-8-10-27-88(79)96-90(85)56-82(64)86/h1-56H. The second-order valence-electron chi connectivity index (χ2n) is 25.5. The smallest absolute Gasteiger partial charge is 0.0540 e. The van der Waals surface area contributed by atoms with Gasteiger partial charge in [0.05, 0.1) is 5.69 Å². The van der Waals surface area contributed by atoms with E-state index in [2.05, 4.69) is 350 Å². The maximum absolute atomic E-state index is 2.41. The molecule has 0 aliphatic heterocycles. The summed E-state index contributed by atoms with van der Waals surface area (Å²) in [5, 5.41) is 25.2. The van der Waals surface area contributed by atoms with Crippen LogP contribution in [0.2, 0.25) is 0 Å². The van der Waals surface area contributed by atoms with Crippen LogP contribution in [0.25, 0.3) is 160 Å². The van der Waals surface area contributed by atoms with Gasteiger partial charge in [-0.1, -0.05) is 224 Å². The molecule has 0 spiro atoms. The van der Waals surface area contributed by atoms with Crippen molar-refractivity contribution in [3.63, 3.8) is 0 Å². The third-order valence-electron chi connectivity index (χ3n) is 20.1. The first kappa shape index (κ1) is 54.6. The van der Waals surface area contributed by atoms with Gasteiger partial charge >= 0.3 is 0 Å². The molecule has 2 aromatic heterocycles. The molecule has 0 saturated carbocycles. The van der Waals surface area contributed by atoms with Gasteiger partial charge in [-0.3, -0.25) is 0 Å². The molecule has 0 N–H and O–H groups in total. The van der Waals surface area contributed by atoms with Gasteiger partial charge < -0.3 is 9.80 Å². The fourth-order valence-corrected chi connectivity index (χ4v) is 17.8. The van der Waals surface area contributed by atoms with Crippen molar-refractivity contribution in [2.75, 3.05) is 9.80 Å². The summed E-state index contributed by atoms with van der Waals surface area (Å²) in [6.45, 7) is 0. The summed E-state index contributed by atoms with van der Waals surface area (Å²) in [6, 6.07) is 127. The highest BCUT2D eigenvalue weighted by molar-refractivity contribution is 7.26. The predicted octanol–water partition coefficient (Wildman–Crippen LogP) is 27.6. The molecule has 0 atom stereocenters. The minimum atomic E-state index is 1.11. The molecule has 446 valence electrons. The summed E-state index contributed by atoms with van der Waals surface area (Å²) in [7, 11) is 0. The number of para-hydroxylation sites is 2. The number of rotatable bonds is 9. The molecule has 0 unspecified atom stereocenters. The Balaban J connectivity index is 0.633. The average molecular weight is 1250 g/mol. The van der Waals surface area contributed by atoms with Crippen LogP contribution in [0.5, 0.6) is 0 Å². The molecule has 2 heterocycles. The molecule has 96 heavy (non-hydrogen) atoms. The van der Waals surface area contributed by atoms with Gasteiger partial charge in [-0.05, 0) is 229 Å². The Morgan fingerprint density at radius 2 is 0.646 bits per heavy atom. The summed E-state index contributed by atoms with van der Waals surface area (Å²) >= 11 is 3.74. The maximum Gasteiger partial charge on any atom is 0.0540 e. The predicted molar refractivity (Wildman–Crippen MR) is 418 cm³/mol. The van der Waals surface area contributed by atoms with Gasteiger partial charge in [-0.25, -0.2) is 0 Å². The monoisotopic (exact) mass is 1250 g/mol. The summed E-state index contributed by atoms with van der Waals surface area (Å²) in [6.07, 6.45) is 0. The van der Waals surface area contributed by atoms with Gasteiger partial charge in [-0.2, -0.15) is 0 Å². The average Bonchev–Trinajstić information content (AvgIpc) is 1.28. The molecule has 4 heteroatoms. The Labute approximate surface area is 562 Å². The van der Waals surface area contributed by atoms with E-state index in [1.54, 1.807) is 0 Å². The molecule has 0 bridgehead atoms. The van der Waals surface area contributed by atoms with E-state index < -0.39 is 0 Å². The van der Waals surface area contributed by atoms with Crippen molar-refractivity contribution >= 4 is 183 Å². The molecule has 20 aromatic rings. The Bertz CT molecular complexity index is 6570. The first-order valence-corrected chi connectivity index (χ1v) is 34.6. The normalized spacial score (nSPS) is 12.0. The minimum Gasteiger partial charge on any atom is -0.310 e. The zero-order chi connectivity index (χ0) is 63.0. The van der Waals surface area contributed by atoms with Crippen molar-refractivity contribution in [3.05, 3.63) is 340 Å². The summed E-state index contributed by atoms with van der Waals surface area (Å²) < 4.78 is 5.26. The minimum absolute atomic E-state index is 1.11. The van der Waals surface area contributed by atoms with Crippen molar-refractivity contribution in [3.8, 4) is 33.4 Å². The molecule has 0 fully saturated rings. The second kappa shape index (κ2) is 21.8. The van der Waals surface area contributed by atoms with E-state index in [4.69, 9.17) is 0 Å². The summed E-state index contributed by atoms with van der Waals surface area (Å²) in [4.78, 5) is 4.79. The number of thiophene rings is 2. The number of fused-ring (bicyclic) bond motifs is 18. The lowest BCUT2D eigenvalue weighted by Gasteiger charge is -2.27. The zero-order valence-electron chi connectivity index (χ0n) is 52.0. The van der Waals surface area contributed by atoms with Gasteiger partial charge in [0.25, 0.3) is 0 Å². The fraction of sp³-hybridized carbons (Fsp3) is 0. The van der Waals surface area contributed by atoms with Crippen LogP contribution in [0, 0.1) is 0 Å². The Hall–Kier alpha value is -11.9. The van der Waals surface area contributed by atoms with Gasteiger partial charge in [0, 0.05) is 74.2 Å². The molecule has 2 nitrogen and oxygen atoms in total. The first-order valence-electron chi connectivity index (χ1n) is 32.9. The lowest BCUT2D eigenvalue weighted by molar-refractivity contribution is 1.29. The van der Waals surface area contributed by atoms with E-state index >= 15 is 0 Å². The van der Waals surface area contributed by atoms with E-state index in [9.17, 15) is 0 Å². The molecule has 0 saturated heterocycles. The van der Waals surface area contributed by atoms with E-state index in [1.807, 2.05) is 22.7 Å². The largest absolute Gasteiger partial charge is 0.310 e. The number of anilines is 6. The number of hydrogen-bond acceptors (Lipinski definition) is 4. The third-order valence-corrected chi connectivity index (χ3v) is 22.4. The van der Waals surface area contributed by atoms with Crippen LogP contribution in [-0.2, 0) is 0 Å². The zero-order valence-corrected chi connectivity index (χ0v) is 53.7. The SMILES string of the molecule is c1ccc(N(c2ccc(-c3ccc4ccc5ccc6c(-c7ccc8c(ccc9ccc%10c(-c%11ccc(N(c%12ccccc%12)c%12cccc%13cc%14c(cc%12%13)sc%12ccccc%12%14)cc%11)cccc%10c98)c7)cccc6c5c4c3)cc2)c2ccc3cc4c(cc3c2)sc2ccccc24)cc1. The van der Waals surface area contributed by atoms with Crippen LogP contribution in [0.1, 0.15) is 0 Å². The lowest BCUT2D eigenvalue weighted by Crippen LogP contribution is -2.10. The Morgan fingerprint density at radius 3 is 1.34 bits per heavy atom. The fourth-order valence-electron chi connectivity index (χ4n) is 15.6. The molecule has 0 amide bonds. The number of hydrogen-bond donors (Lipinski definition) is 0. The molecule has 0 radical (unpaired) electrons. The van der Waals surface area contributed by atoms with E-state index in [1.165, 1.54) is 160 Å². The molecular formula is C92H56N2S2. The van der Waals surface area contributed by atoms with Crippen molar-refractivity contribution in [2.45, 2.75) is 0 Å². The van der Waals surface area contributed by atoms with E-state index in [0.29, 0.717) is 0 Å². The van der Waals surface area contributed by atoms with E-state index in [-0.39, 0.29) is 0 Å². The summed E-state index contributed by atoms with van der Waals surface area (Å²) in [5.41, 5.74) is 14.0. The van der Waals surface area contributed by atoms with Gasteiger partial charge in [-0.15, -0.1) is 22.7 Å². The van der Waals surface area contributed by atoms with Crippen molar-refractivity contribution in [1.29, 1.82) is 0 Å². The van der Waals surface area contributed by atoms with Crippen LogP contribution >= 0.6 is 22.7 Å². The number of nitrogens with zero attached hydrogens (tertiary/aromatic N) is 2. The molecule has 0 aliphatic carbocycles. The summed E-state index contributed by atoms with van der Waals surface area (Å²) in [5.74, 6) is 0. The highest BCUT2D eigenvalue weighted by Gasteiger charge is 2.21. The molecular weight excluding hydrogens is 1200 g/mol. The van der Waals surface area contributed by atoms with Crippen LogP contribution in [-0.4, -0.2) is 0 Å². The van der Waals surface area contributed by atoms with Gasteiger partial charge in [0.1, 0.15) is 0 Å². The van der Waals surface area contributed by atoms with Crippen LogP contribution in [0.4, 0.5) is 34.1 Å². The highest BCUT2D eigenvalue weighted by atomic mass is 32.1. The third kappa shape index (κ3) is 8.84. The van der Waals surface area contributed by atoms with Crippen LogP contribution < -0.4 is 9.80 Å². The van der Waals surface area contributed by atoms with Crippen LogP contribution in [0.15, 0.2) is 340 Å². The molecule has 20 rings (SSSR count). The topological polar surface area (TPSA) is 6.48 Å². The maximum atomic E-state index is 2.41. The van der Waals surface area contributed by atoms with Gasteiger partial charge in [0.2, 0.25) is 0 Å².